The van der Waals surface area contributed by atoms with Crippen molar-refractivity contribution >= 4 is 5.82 Å². The summed E-state index contributed by atoms with van der Waals surface area (Å²) in [6, 6.07) is 4.17. The SMILES string of the molecule is COCCNCCNc1ccc(C(C)(C)C)cn1. The first-order valence-corrected chi connectivity index (χ1v) is 6.44. The Labute approximate surface area is 110 Å². The van der Waals surface area contributed by atoms with E-state index in [2.05, 4.69) is 42.5 Å². The molecule has 0 aliphatic rings. The first-order valence-electron chi connectivity index (χ1n) is 6.44. The summed E-state index contributed by atoms with van der Waals surface area (Å²) in [5.74, 6) is 0.927. The molecule has 0 atom stereocenters. The molecule has 0 aliphatic heterocycles. The van der Waals surface area contributed by atoms with Gasteiger partial charge in [-0.15, -0.1) is 0 Å². The van der Waals surface area contributed by atoms with Crippen molar-refractivity contribution in [2.24, 2.45) is 0 Å². The molecule has 2 N–H and O–H groups in total. The Morgan fingerprint density at radius 2 is 1.94 bits per heavy atom. The van der Waals surface area contributed by atoms with Crippen LogP contribution in [0.1, 0.15) is 26.3 Å². The zero-order valence-electron chi connectivity index (χ0n) is 11.9. The molecule has 0 radical (unpaired) electrons. The van der Waals surface area contributed by atoms with Crippen LogP contribution in [-0.2, 0) is 10.2 Å². The number of nitrogens with zero attached hydrogens (tertiary/aromatic N) is 1. The van der Waals surface area contributed by atoms with E-state index in [4.69, 9.17) is 4.74 Å². The Kier molecular flexibility index (Phi) is 6.09. The summed E-state index contributed by atoms with van der Waals surface area (Å²) in [6.45, 7) is 9.98. The highest BCUT2D eigenvalue weighted by atomic mass is 16.5. The summed E-state index contributed by atoms with van der Waals surface area (Å²) < 4.78 is 4.96. The van der Waals surface area contributed by atoms with Gasteiger partial charge in [-0.3, -0.25) is 0 Å². The van der Waals surface area contributed by atoms with E-state index in [1.807, 2.05) is 12.3 Å². The number of pyridine rings is 1. The van der Waals surface area contributed by atoms with Gasteiger partial charge >= 0.3 is 0 Å². The lowest BCUT2D eigenvalue weighted by Gasteiger charge is -2.18. The average molecular weight is 251 g/mol. The normalized spacial score (nSPS) is 11.6. The van der Waals surface area contributed by atoms with Crippen LogP contribution in [0.25, 0.3) is 0 Å². The summed E-state index contributed by atoms with van der Waals surface area (Å²) in [4.78, 5) is 4.42. The van der Waals surface area contributed by atoms with Gasteiger partial charge in [0.2, 0.25) is 0 Å². The summed E-state index contributed by atoms with van der Waals surface area (Å²) in [5.41, 5.74) is 1.42. The van der Waals surface area contributed by atoms with Gasteiger partial charge in [-0.05, 0) is 17.0 Å². The zero-order chi connectivity index (χ0) is 13.4. The molecule has 4 nitrogen and oxygen atoms in total. The van der Waals surface area contributed by atoms with Gasteiger partial charge in [0.25, 0.3) is 0 Å². The molecule has 102 valence electrons. The van der Waals surface area contributed by atoms with E-state index in [0.29, 0.717) is 0 Å². The van der Waals surface area contributed by atoms with Gasteiger partial charge in [-0.1, -0.05) is 26.8 Å². The van der Waals surface area contributed by atoms with Gasteiger partial charge < -0.3 is 15.4 Å². The number of hydrogen-bond acceptors (Lipinski definition) is 4. The lowest BCUT2D eigenvalue weighted by atomic mass is 9.88. The van der Waals surface area contributed by atoms with Gasteiger partial charge in [0.15, 0.2) is 0 Å². The van der Waals surface area contributed by atoms with Crippen LogP contribution in [0.15, 0.2) is 18.3 Å². The topological polar surface area (TPSA) is 46.2 Å². The number of anilines is 1. The third-order valence-corrected chi connectivity index (χ3v) is 2.72. The van der Waals surface area contributed by atoms with Gasteiger partial charge in [0, 0.05) is 32.9 Å². The smallest absolute Gasteiger partial charge is 0.125 e. The van der Waals surface area contributed by atoms with E-state index in [1.165, 1.54) is 5.56 Å². The molecule has 0 unspecified atom stereocenters. The first-order chi connectivity index (χ1) is 8.54. The Bertz CT molecular complexity index is 330. The Morgan fingerprint density at radius 1 is 1.17 bits per heavy atom. The van der Waals surface area contributed by atoms with Crippen molar-refractivity contribution in [2.75, 3.05) is 38.7 Å². The Hall–Kier alpha value is -1.13. The van der Waals surface area contributed by atoms with Crippen LogP contribution in [0.4, 0.5) is 5.82 Å². The fourth-order valence-electron chi connectivity index (χ4n) is 1.52. The van der Waals surface area contributed by atoms with Crippen LogP contribution in [0.2, 0.25) is 0 Å². The second kappa shape index (κ2) is 7.34. The van der Waals surface area contributed by atoms with Gasteiger partial charge in [-0.2, -0.15) is 0 Å². The van der Waals surface area contributed by atoms with E-state index in [9.17, 15) is 0 Å². The fourth-order valence-corrected chi connectivity index (χ4v) is 1.52. The molecule has 0 aliphatic carbocycles. The molecule has 18 heavy (non-hydrogen) atoms. The highest BCUT2D eigenvalue weighted by Gasteiger charge is 2.13. The van der Waals surface area contributed by atoms with Crippen LogP contribution in [-0.4, -0.2) is 38.3 Å². The predicted octanol–water partition coefficient (Wildman–Crippen LogP) is 2.03. The van der Waals surface area contributed by atoms with Crippen LogP contribution in [0, 0.1) is 0 Å². The van der Waals surface area contributed by atoms with E-state index in [1.54, 1.807) is 7.11 Å². The Morgan fingerprint density at radius 3 is 2.50 bits per heavy atom. The molecule has 1 aromatic rings. The van der Waals surface area contributed by atoms with Gasteiger partial charge in [-0.25, -0.2) is 4.98 Å². The van der Waals surface area contributed by atoms with Crippen LogP contribution in [0.5, 0.6) is 0 Å². The maximum Gasteiger partial charge on any atom is 0.125 e. The molecule has 1 rings (SSSR count). The molecule has 1 aromatic heterocycles. The molecule has 0 bridgehead atoms. The van der Waals surface area contributed by atoms with E-state index < -0.39 is 0 Å². The molecule has 0 aromatic carbocycles. The number of rotatable bonds is 7. The highest BCUT2D eigenvalue weighted by molar-refractivity contribution is 5.37. The van der Waals surface area contributed by atoms with Crippen molar-refractivity contribution in [3.05, 3.63) is 23.9 Å². The monoisotopic (exact) mass is 251 g/mol. The van der Waals surface area contributed by atoms with Crippen molar-refractivity contribution < 1.29 is 4.74 Å². The molecule has 0 spiro atoms. The highest BCUT2D eigenvalue weighted by Crippen LogP contribution is 2.21. The third kappa shape index (κ3) is 5.47. The Balaban J connectivity index is 2.27. The molecular formula is C14H25N3O. The number of aromatic nitrogens is 1. The average Bonchev–Trinajstić information content (AvgIpc) is 2.33. The summed E-state index contributed by atoms with van der Waals surface area (Å²) in [5, 5.41) is 6.56. The quantitative estimate of drug-likeness (QED) is 0.728. The molecule has 1 heterocycles. The second-order valence-electron chi connectivity index (χ2n) is 5.35. The minimum atomic E-state index is 0.160. The molecular weight excluding hydrogens is 226 g/mol. The number of hydrogen-bond donors (Lipinski definition) is 2. The van der Waals surface area contributed by atoms with Crippen molar-refractivity contribution in [3.63, 3.8) is 0 Å². The predicted molar refractivity (Wildman–Crippen MR) is 76.2 cm³/mol. The minimum absolute atomic E-state index is 0.160. The molecule has 0 amide bonds. The summed E-state index contributed by atoms with van der Waals surface area (Å²) in [6.07, 6.45) is 1.95. The largest absolute Gasteiger partial charge is 0.383 e. The summed E-state index contributed by atoms with van der Waals surface area (Å²) >= 11 is 0. The van der Waals surface area contributed by atoms with Crippen molar-refractivity contribution in [1.29, 1.82) is 0 Å². The fraction of sp³-hybridized carbons (Fsp3) is 0.643. The van der Waals surface area contributed by atoms with Crippen LogP contribution >= 0.6 is 0 Å². The molecule has 0 saturated heterocycles. The van der Waals surface area contributed by atoms with E-state index >= 15 is 0 Å². The standard InChI is InChI=1S/C14H25N3O/c1-14(2,3)12-5-6-13(17-11-12)16-8-7-15-9-10-18-4/h5-6,11,15H,7-10H2,1-4H3,(H,16,17). The summed E-state index contributed by atoms with van der Waals surface area (Å²) in [7, 11) is 1.71. The number of nitrogens with one attached hydrogen (secondary N) is 2. The maximum absolute atomic E-state index is 4.96. The van der Waals surface area contributed by atoms with Crippen LogP contribution in [0.3, 0.4) is 0 Å². The lowest BCUT2D eigenvalue weighted by molar-refractivity contribution is 0.200. The molecule has 0 fully saturated rings. The lowest BCUT2D eigenvalue weighted by Crippen LogP contribution is -2.25. The van der Waals surface area contributed by atoms with Gasteiger partial charge in [0.05, 0.1) is 6.61 Å². The van der Waals surface area contributed by atoms with E-state index in [0.717, 1.165) is 32.1 Å². The zero-order valence-corrected chi connectivity index (χ0v) is 11.9. The van der Waals surface area contributed by atoms with E-state index in [-0.39, 0.29) is 5.41 Å². The van der Waals surface area contributed by atoms with Crippen molar-refractivity contribution in [2.45, 2.75) is 26.2 Å². The molecule has 0 saturated carbocycles. The minimum Gasteiger partial charge on any atom is -0.383 e. The van der Waals surface area contributed by atoms with Crippen LogP contribution < -0.4 is 10.6 Å². The van der Waals surface area contributed by atoms with Crippen molar-refractivity contribution in [1.82, 2.24) is 10.3 Å². The maximum atomic E-state index is 4.96. The van der Waals surface area contributed by atoms with Crippen molar-refractivity contribution in [3.8, 4) is 0 Å². The second-order valence-corrected chi connectivity index (χ2v) is 5.35. The number of methoxy groups -OCH3 is 1. The molecule has 4 heteroatoms. The first kappa shape index (κ1) is 14.9. The third-order valence-electron chi connectivity index (χ3n) is 2.72. The number of ether oxygens (including phenoxy) is 1. The van der Waals surface area contributed by atoms with Gasteiger partial charge in [0.1, 0.15) is 5.82 Å².